The second-order valence-corrected chi connectivity index (χ2v) is 5.99. The van der Waals surface area contributed by atoms with Crippen LogP contribution in [0.1, 0.15) is 45.4 Å². The van der Waals surface area contributed by atoms with Gasteiger partial charge in [-0.2, -0.15) is 0 Å². The fraction of sp³-hybridized carbons (Fsp3) is 0.929. The summed E-state index contributed by atoms with van der Waals surface area (Å²) in [7, 11) is 0. The second-order valence-electron chi connectivity index (χ2n) is 5.99. The SMILES string of the molecule is CC(NC1CC2CCC1O2)C(=O)N1CCCCC1. The minimum atomic E-state index is -0.0592. The molecule has 0 aromatic heterocycles. The summed E-state index contributed by atoms with van der Waals surface area (Å²) in [5.41, 5.74) is 0. The Morgan fingerprint density at radius 3 is 2.67 bits per heavy atom. The molecule has 1 amide bonds. The highest BCUT2D eigenvalue weighted by Gasteiger charge is 2.41. The Hall–Kier alpha value is -0.610. The molecule has 0 spiro atoms. The first-order chi connectivity index (χ1) is 8.74. The van der Waals surface area contributed by atoms with Crippen LogP contribution in [0, 0.1) is 0 Å². The summed E-state index contributed by atoms with van der Waals surface area (Å²) in [5, 5.41) is 3.49. The summed E-state index contributed by atoms with van der Waals surface area (Å²) in [6.45, 7) is 3.89. The van der Waals surface area contributed by atoms with E-state index in [4.69, 9.17) is 4.74 Å². The Morgan fingerprint density at radius 1 is 1.28 bits per heavy atom. The van der Waals surface area contributed by atoms with Crippen LogP contribution in [0.3, 0.4) is 0 Å². The summed E-state index contributed by atoms with van der Waals surface area (Å²) < 4.78 is 5.82. The molecule has 0 radical (unpaired) electrons. The number of hydrogen-bond acceptors (Lipinski definition) is 3. The third-order valence-electron chi connectivity index (χ3n) is 4.61. The standard InChI is InChI=1S/C14H24N2O2/c1-10(14(17)16-7-3-2-4-8-16)15-12-9-11-5-6-13(12)18-11/h10-13,15H,2-9H2,1H3. The summed E-state index contributed by atoms with van der Waals surface area (Å²) >= 11 is 0. The zero-order chi connectivity index (χ0) is 12.5. The number of ether oxygens (including phenoxy) is 1. The lowest BCUT2D eigenvalue weighted by molar-refractivity contribution is -0.134. The maximum atomic E-state index is 12.3. The predicted molar refractivity (Wildman–Crippen MR) is 69.3 cm³/mol. The molecule has 0 saturated carbocycles. The summed E-state index contributed by atoms with van der Waals surface area (Å²) in [6.07, 6.45) is 7.85. The molecule has 0 aromatic rings. The van der Waals surface area contributed by atoms with Gasteiger partial charge in [-0.15, -0.1) is 0 Å². The first-order valence-corrected chi connectivity index (χ1v) is 7.44. The first kappa shape index (κ1) is 12.4. The second kappa shape index (κ2) is 5.17. The van der Waals surface area contributed by atoms with Crippen LogP contribution in [0.15, 0.2) is 0 Å². The van der Waals surface area contributed by atoms with Crippen molar-refractivity contribution in [2.45, 2.75) is 69.7 Å². The molecule has 3 rings (SSSR count). The van der Waals surface area contributed by atoms with E-state index in [1.54, 1.807) is 0 Å². The van der Waals surface area contributed by atoms with E-state index >= 15 is 0 Å². The van der Waals surface area contributed by atoms with Crippen LogP contribution in [0.5, 0.6) is 0 Å². The highest BCUT2D eigenvalue weighted by Crippen LogP contribution is 2.34. The molecule has 3 aliphatic heterocycles. The van der Waals surface area contributed by atoms with Crippen LogP contribution in [0.25, 0.3) is 0 Å². The number of carbonyl (C=O) groups excluding carboxylic acids is 1. The van der Waals surface area contributed by atoms with Crippen molar-refractivity contribution < 1.29 is 9.53 Å². The minimum absolute atomic E-state index is 0.0592. The molecular formula is C14H24N2O2. The lowest BCUT2D eigenvalue weighted by Crippen LogP contribution is -2.51. The first-order valence-electron chi connectivity index (χ1n) is 7.44. The van der Waals surface area contributed by atoms with Crippen LogP contribution in [0.4, 0.5) is 0 Å². The lowest BCUT2D eigenvalue weighted by Gasteiger charge is -2.31. The van der Waals surface area contributed by atoms with E-state index in [0.717, 1.165) is 38.8 Å². The lowest BCUT2D eigenvalue weighted by atomic mass is 9.95. The fourth-order valence-corrected chi connectivity index (χ4v) is 3.59. The number of piperidine rings is 1. The Bertz CT molecular complexity index is 315. The van der Waals surface area contributed by atoms with Gasteiger partial charge in [0.1, 0.15) is 0 Å². The van der Waals surface area contributed by atoms with Crippen LogP contribution >= 0.6 is 0 Å². The fourth-order valence-electron chi connectivity index (χ4n) is 3.59. The molecule has 0 aromatic carbocycles. The Labute approximate surface area is 109 Å². The van der Waals surface area contributed by atoms with Gasteiger partial charge in [0.2, 0.25) is 5.91 Å². The van der Waals surface area contributed by atoms with Crippen molar-refractivity contribution in [1.82, 2.24) is 10.2 Å². The normalized spacial score (nSPS) is 36.9. The molecule has 3 aliphatic rings. The van der Waals surface area contributed by atoms with Gasteiger partial charge in [-0.05, 0) is 45.4 Å². The molecule has 3 fully saturated rings. The van der Waals surface area contributed by atoms with E-state index in [-0.39, 0.29) is 11.9 Å². The molecule has 1 N–H and O–H groups in total. The van der Waals surface area contributed by atoms with Gasteiger partial charge in [-0.25, -0.2) is 0 Å². The van der Waals surface area contributed by atoms with Gasteiger partial charge in [-0.1, -0.05) is 0 Å². The number of carbonyl (C=O) groups is 1. The van der Waals surface area contributed by atoms with Gasteiger partial charge in [0.05, 0.1) is 18.2 Å². The number of rotatable bonds is 3. The molecule has 4 nitrogen and oxygen atoms in total. The predicted octanol–water partition coefficient (Wildman–Crippen LogP) is 1.30. The highest BCUT2D eigenvalue weighted by atomic mass is 16.5. The molecule has 102 valence electrons. The molecular weight excluding hydrogens is 228 g/mol. The van der Waals surface area contributed by atoms with E-state index in [1.165, 1.54) is 12.8 Å². The number of amides is 1. The van der Waals surface area contributed by atoms with Crippen LogP contribution in [-0.2, 0) is 9.53 Å². The van der Waals surface area contributed by atoms with Gasteiger partial charge in [0.15, 0.2) is 0 Å². The smallest absolute Gasteiger partial charge is 0.239 e. The van der Waals surface area contributed by atoms with E-state index in [9.17, 15) is 4.79 Å². The molecule has 3 saturated heterocycles. The van der Waals surface area contributed by atoms with Crippen molar-refractivity contribution >= 4 is 5.91 Å². The van der Waals surface area contributed by atoms with E-state index in [1.807, 2.05) is 11.8 Å². The van der Waals surface area contributed by atoms with E-state index in [0.29, 0.717) is 18.2 Å². The third-order valence-corrected chi connectivity index (χ3v) is 4.61. The Balaban J connectivity index is 1.51. The van der Waals surface area contributed by atoms with Gasteiger partial charge in [0.25, 0.3) is 0 Å². The Morgan fingerprint density at radius 2 is 2.06 bits per heavy atom. The monoisotopic (exact) mass is 252 g/mol. The van der Waals surface area contributed by atoms with Crippen molar-refractivity contribution in [3.05, 3.63) is 0 Å². The average Bonchev–Trinajstić information content (AvgIpc) is 3.01. The number of likely N-dealkylation sites (tertiary alicyclic amines) is 1. The molecule has 4 heteroatoms. The highest BCUT2D eigenvalue weighted by molar-refractivity contribution is 5.81. The van der Waals surface area contributed by atoms with Gasteiger partial charge < -0.3 is 15.0 Å². The molecule has 4 unspecified atom stereocenters. The van der Waals surface area contributed by atoms with E-state index in [2.05, 4.69) is 5.32 Å². The van der Waals surface area contributed by atoms with Crippen molar-refractivity contribution in [3.8, 4) is 0 Å². The summed E-state index contributed by atoms with van der Waals surface area (Å²) in [4.78, 5) is 14.3. The topological polar surface area (TPSA) is 41.6 Å². The zero-order valence-corrected chi connectivity index (χ0v) is 11.2. The molecule has 3 heterocycles. The summed E-state index contributed by atoms with van der Waals surface area (Å²) in [6, 6.07) is 0.337. The number of fused-ring (bicyclic) bond motifs is 2. The molecule has 4 atom stereocenters. The number of nitrogens with one attached hydrogen (secondary N) is 1. The zero-order valence-electron chi connectivity index (χ0n) is 11.2. The summed E-state index contributed by atoms with van der Waals surface area (Å²) in [5.74, 6) is 0.275. The van der Waals surface area contributed by atoms with Crippen molar-refractivity contribution in [3.63, 3.8) is 0 Å². The van der Waals surface area contributed by atoms with Crippen molar-refractivity contribution in [1.29, 1.82) is 0 Å². The minimum Gasteiger partial charge on any atom is -0.373 e. The maximum Gasteiger partial charge on any atom is 0.239 e. The van der Waals surface area contributed by atoms with Crippen LogP contribution in [-0.4, -0.2) is 48.2 Å². The van der Waals surface area contributed by atoms with Gasteiger partial charge in [-0.3, -0.25) is 4.79 Å². The largest absolute Gasteiger partial charge is 0.373 e. The third kappa shape index (κ3) is 2.41. The van der Waals surface area contributed by atoms with Crippen molar-refractivity contribution in [2.24, 2.45) is 0 Å². The van der Waals surface area contributed by atoms with Crippen molar-refractivity contribution in [2.75, 3.05) is 13.1 Å². The molecule has 0 aliphatic carbocycles. The number of hydrogen-bond donors (Lipinski definition) is 1. The Kier molecular flexibility index (Phi) is 3.57. The van der Waals surface area contributed by atoms with Gasteiger partial charge >= 0.3 is 0 Å². The maximum absolute atomic E-state index is 12.3. The van der Waals surface area contributed by atoms with E-state index < -0.39 is 0 Å². The average molecular weight is 252 g/mol. The molecule has 2 bridgehead atoms. The van der Waals surface area contributed by atoms with Crippen LogP contribution in [0.2, 0.25) is 0 Å². The van der Waals surface area contributed by atoms with Gasteiger partial charge in [0, 0.05) is 19.1 Å². The number of nitrogens with zero attached hydrogens (tertiary/aromatic N) is 1. The quantitative estimate of drug-likeness (QED) is 0.823. The van der Waals surface area contributed by atoms with Crippen LogP contribution < -0.4 is 5.32 Å². The molecule has 18 heavy (non-hydrogen) atoms.